The van der Waals surface area contributed by atoms with Gasteiger partial charge in [-0.3, -0.25) is 20.2 Å². The van der Waals surface area contributed by atoms with E-state index in [0.717, 1.165) is 30.5 Å². The van der Waals surface area contributed by atoms with Crippen molar-refractivity contribution in [3.05, 3.63) is 65.4 Å². The van der Waals surface area contributed by atoms with Crippen LogP contribution in [0.25, 0.3) is 32.8 Å². The number of para-hydroxylation sites is 2. The number of hydrogen-bond acceptors (Lipinski definition) is 8. The van der Waals surface area contributed by atoms with Crippen LogP contribution in [-0.2, 0) is 9.59 Å². The highest BCUT2D eigenvalue weighted by molar-refractivity contribution is 8.01. The third kappa shape index (κ3) is 3.45. The highest BCUT2D eigenvalue weighted by Gasteiger charge is 2.27. The van der Waals surface area contributed by atoms with Crippen molar-refractivity contribution >= 4 is 85.1 Å². The van der Waals surface area contributed by atoms with Crippen molar-refractivity contribution in [2.75, 3.05) is 0 Å². The van der Waals surface area contributed by atoms with Gasteiger partial charge in [0.2, 0.25) is 0 Å². The maximum atomic E-state index is 12.4. The van der Waals surface area contributed by atoms with Crippen LogP contribution in [0.1, 0.15) is 11.3 Å². The van der Waals surface area contributed by atoms with E-state index in [9.17, 15) is 9.59 Å². The molecule has 0 aliphatic carbocycles. The van der Waals surface area contributed by atoms with Crippen LogP contribution in [0, 0.1) is 6.92 Å². The Morgan fingerprint density at radius 2 is 1.76 bits per heavy atom. The van der Waals surface area contributed by atoms with E-state index in [1.54, 1.807) is 15.9 Å². The second-order valence-electron chi connectivity index (χ2n) is 7.51. The highest BCUT2D eigenvalue weighted by Crippen LogP contribution is 2.37. The maximum absolute atomic E-state index is 12.4. The molecule has 34 heavy (non-hydrogen) atoms. The van der Waals surface area contributed by atoms with Crippen molar-refractivity contribution in [3.63, 3.8) is 0 Å². The molecule has 0 spiro atoms. The quantitative estimate of drug-likeness (QED) is 0.167. The Kier molecular flexibility index (Phi) is 4.90. The van der Waals surface area contributed by atoms with Crippen LogP contribution >= 0.6 is 35.3 Å². The number of fused-ring (bicyclic) bond motifs is 4. The molecule has 166 valence electrons. The van der Waals surface area contributed by atoms with Crippen LogP contribution < -0.4 is 10.6 Å². The van der Waals surface area contributed by atoms with Crippen LogP contribution in [0.3, 0.4) is 0 Å². The molecule has 0 unspecified atom stereocenters. The lowest BCUT2D eigenvalue weighted by Gasteiger charge is -2.16. The number of nitrogens with zero attached hydrogens (tertiary/aromatic N) is 4. The minimum atomic E-state index is -0.558. The van der Waals surface area contributed by atoms with E-state index in [-0.39, 0.29) is 10.7 Å². The lowest BCUT2D eigenvalue weighted by molar-refractivity contribution is -0.123. The van der Waals surface area contributed by atoms with Gasteiger partial charge in [0, 0.05) is 10.9 Å². The Bertz CT molecular complexity index is 1660. The van der Waals surface area contributed by atoms with Gasteiger partial charge in [0.25, 0.3) is 11.8 Å². The van der Waals surface area contributed by atoms with Crippen LogP contribution in [0.15, 0.2) is 63.5 Å². The molecule has 6 rings (SSSR count). The second-order valence-corrected chi connectivity index (χ2v) is 10.2. The summed E-state index contributed by atoms with van der Waals surface area (Å²) in [5.74, 6) is -1.12. The third-order valence-corrected chi connectivity index (χ3v) is 7.65. The van der Waals surface area contributed by atoms with Crippen LogP contribution in [0.4, 0.5) is 0 Å². The van der Waals surface area contributed by atoms with Gasteiger partial charge < -0.3 is 0 Å². The van der Waals surface area contributed by atoms with E-state index in [1.807, 2.05) is 55.5 Å². The first-order valence-corrected chi connectivity index (χ1v) is 12.2. The smallest absolute Gasteiger partial charge is 0.263 e. The molecule has 1 aliphatic rings. The molecule has 0 radical (unpaired) electrons. The number of nitrogens with one attached hydrogen (secondary N) is 2. The predicted molar refractivity (Wildman–Crippen MR) is 136 cm³/mol. The Labute approximate surface area is 206 Å². The Hall–Kier alpha value is -3.67. The molecule has 1 saturated heterocycles. The van der Waals surface area contributed by atoms with Gasteiger partial charge in [0.15, 0.2) is 15.1 Å². The summed E-state index contributed by atoms with van der Waals surface area (Å²) in [6.07, 6.45) is 1.51. The third-order valence-electron chi connectivity index (χ3n) is 5.34. The molecule has 0 bridgehead atoms. The van der Waals surface area contributed by atoms with Crippen molar-refractivity contribution in [3.8, 4) is 0 Å². The number of aromatic nitrogens is 4. The van der Waals surface area contributed by atoms with Gasteiger partial charge in [0.1, 0.15) is 10.6 Å². The summed E-state index contributed by atoms with van der Waals surface area (Å²) in [7, 11) is 0. The summed E-state index contributed by atoms with van der Waals surface area (Å²) < 4.78 is 3.72. The number of aryl methyl sites for hydroxylation is 1. The van der Waals surface area contributed by atoms with Gasteiger partial charge >= 0.3 is 0 Å². The summed E-state index contributed by atoms with van der Waals surface area (Å²) in [5, 5.41) is 11.3. The van der Waals surface area contributed by atoms with Gasteiger partial charge in [-0.2, -0.15) is 5.10 Å². The molecule has 1 fully saturated rings. The van der Waals surface area contributed by atoms with Crippen molar-refractivity contribution in [2.45, 2.75) is 16.3 Å². The van der Waals surface area contributed by atoms with Gasteiger partial charge in [0.05, 0.1) is 21.4 Å². The van der Waals surface area contributed by atoms with Gasteiger partial charge in [-0.1, -0.05) is 30.3 Å². The minimum Gasteiger partial charge on any atom is -0.299 e. The highest BCUT2D eigenvalue weighted by atomic mass is 32.2. The fourth-order valence-corrected chi connectivity index (χ4v) is 6.05. The maximum Gasteiger partial charge on any atom is 0.263 e. The topological polar surface area (TPSA) is 101 Å². The van der Waals surface area contributed by atoms with Crippen LogP contribution in [0.5, 0.6) is 0 Å². The Morgan fingerprint density at radius 1 is 1.03 bits per heavy atom. The summed E-state index contributed by atoms with van der Waals surface area (Å²) in [4.78, 5) is 34.5. The van der Waals surface area contributed by atoms with Crippen LogP contribution in [-0.4, -0.2) is 36.5 Å². The van der Waals surface area contributed by atoms with Gasteiger partial charge in [-0.15, -0.1) is 11.3 Å². The van der Waals surface area contributed by atoms with Gasteiger partial charge in [-0.25, -0.2) is 14.5 Å². The normalized spacial score (nSPS) is 14.1. The Morgan fingerprint density at radius 3 is 2.56 bits per heavy atom. The number of amides is 2. The van der Waals surface area contributed by atoms with Crippen molar-refractivity contribution < 1.29 is 9.59 Å². The number of benzene rings is 2. The lowest BCUT2D eigenvalue weighted by atomic mass is 10.1. The number of carbonyl (C=O) groups is 2. The van der Waals surface area contributed by atoms with Gasteiger partial charge in [-0.05, 0) is 55.2 Å². The number of hydrogen-bond donors (Lipinski definition) is 2. The van der Waals surface area contributed by atoms with E-state index in [1.165, 1.54) is 17.8 Å². The lowest BCUT2D eigenvalue weighted by Crippen LogP contribution is -2.51. The summed E-state index contributed by atoms with van der Waals surface area (Å²) >= 11 is 7.98. The number of thiazole rings is 1. The molecule has 0 atom stereocenters. The molecule has 1 aliphatic heterocycles. The summed E-state index contributed by atoms with van der Waals surface area (Å²) in [6, 6.07) is 15.8. The molecule has 0 saturated carbocycles. The van der Waals surface area contributed by atoms with E-state index in [0.29, 0.717) is 16.9 Å². The first-order valence-electron chi connectivity index (χ1n) is 10.2. The zero-order chi connectivity index (χ0) is 23.4. The van der Waals surface area contributed by atoms with Crippen LogP contribution in [0.2, 0.25) is 0 Å². The second kappa shape index (κ2) is 7.97. The molecule has 3 aromatic heterocycles. The number of rotatable bonds is 3. The molecule has 11 heteroatoms. The van der Waals surface area contributed by atoms with E-state index in [4.69, 9.17) is 22.2 Å². The zero-order valence-electron chi connectivity index (χ0n) is 17.5. The standard InChI is InChI=1S/C23H14N6O2S3/c1-11-13(10-14-19(30)26-22(32)27-20(14)31)18-25-21(12-6-2-4-8-16(12)29(18)28-11)34-23-24-15-7-3-5-9-17(15)33-23/h2-10H,1H3,(H2,26,27,30,31,32). The van der Waals surface area contributed by atoms with E-state index >= 15 is 0 Å². The molecule has 8 nitrogen and oxygen atoms in total. The predicted octanol–water partition coefficient (Wildman–Crippen LogP) is 3.87. The van der Waals surface area contributed by atoms with Crippen molar-refractivity contribution in [2.24, 2.45) is 0 Å². The van der Waals surface area contributed by atoms with Crippen molar-refractivity contribution in [1.82, 2.24) is 30.2 Å². The molecule has 2 amide bonds. The SMILES string of the molecule is Cc1nn2c(nc(Sc3nc4ccccc4s3)c3ccccc32)c1C=C1C(=O)NC(=S)NC1=O. The molecule has 2 N–H and O–H groups in total. The first-order chi connectivity index (χ1) is 16.5. The fourth-order valence-electron chi connectivity index (χ4n) is 3.77. The molecule has 4 heterocycles. The van der Waals surface area contributed by atoms with Crippen molar-refractivity contribution in [1.29, 1.82) is 0 Å². The number of thiocarbonyl (C=S) groups is 1. The molecular weight excluding hydrogens is 488 g/mol. The summed E-state index contributed by atoms with van der Waals surface area (Å²) in [5.41, 5.74) is 3.52. The Balaban J connectivity index is 1.54. The fraction of sp³-hybridized carbons (Fsp3) is 0.0435. The average molecular weight is 503 g/mol. The minimum absolute atomic E-state index is 0.0117. The number of carbonyl (C=O) groups excluding carboxylic acids is 2. The summed E-state index contributed by atoms with van der Waals surface area (Å²) in [6.45, 7) is 1.82. The molecule has 2 aromatic carbocycles. The zero-order valence-corrected chi connectivity index (χ0v) is 20.0. The molecular formula is C23H14N6O2S3. The largest absolute Gasteiger partial charge is 0.299 e. The first kappa shape index (κ1) is 20.9. The average Bonchev–Trinajstić information content (AvgIpc) is 3.36. The van der Waals surface area contributed by atoms with E-state index < -0.39 is 11.8 Å². The monoisotopic (exact) mass is 502 g/mol. The molecule has 5 aromatic rings. The van der Waals surface area contributed by atoms with E-state index in [2.05, 4.69) is 15.7 Å².